The molecule has 0 bridgehead atoms. The van der Waals surface area contributed by atoms with Gasteiger partial charge in [0.2, 0.25) is 5.43 Å². The van der Waals surface area contributed by atoms with E-state index < -0.39 is 0 Å². The standard InChI is InChI=1S/C22H29BrN2O2/c1-6-9-13-17-18(21(26)19(23)14(4)25(17)5)22(27)24-20-15(7-2)11-10-12-16(20)8-3/h10-12H,6-9,13H2,1-5H3,(H,24,27). The van der Waals surface area contributed by atoms with Gasteiger partial charge in [-0.2, -0.15) is 0 Å². The molecule has 0 fully saturated rings. The fourth-order valence-electron chi connectivity index (χ4n) is 3.37. The molecule has 0 aliphatic rings. The lowest BCUT2D eigenvalue weighted by Gasteiger charge is -2.19. The summed E-state index contributed by atoms with van der Waals surface area (Å²) in [4.78, 5) is 26.2. The summed E-state index contributed by atoms with van der Waals surface area (Å²) in [5.41, 5.74) is 4.66. The second kappa shape index (κ2) is 9.36. The number of hydrogen-bond donors (Lipinski definition) is 1. The van der Waals surface area contributed by atoms with Crippen LogP contribution in [-0.2, 0) is 26.3 Å². The molecular weight excluding hydrogens is 404 g/mol. The van der Waals surface area contributed by atoms with E-state index >= 15 is 0 Å². The lowest BCUT2D eigenvalue weighted by Crippen LogP contribution is -2.29. The fraction of sp³-hybridized carbons (Fsp3) is 0.455. The van der Waals surface area contributed by atoms with Crippen LogP contribution in [0.3, 0.4) is 0 Å². The number of amides is 1. The zero-order chi connectivity index (χ0) is 20.1. The normalized spacial score (nSPS) is 10.9. The summed E-state index contributed by atoms with van der Waals surface area (Å²) in [7, 11) is 1.92. The molecule has 0 spiro atoms. The van der Waals surface area contributed by atoms with Gasteiger partial charge in [0.15, 0.2) is 0 Å². The van der Waals surface area contributed by atoms with E-state index in [1.165, 1.54) is 0 Å². The molecule has 1 amide bonds. The van der Waals surface area contributed by atoms with Crippen LogP contribution in [-0.4, -0.2) is 10.5 Å². The monoisotopic (exact) mass is 432 g/mol. The summed E-state index contributed by atoms with van der Waals surface area (Å²) in [6.45, 7) is 8.13. The summed E-state index contributed by atoms with van der Waals surface area (Å²) < 4.78 is 2.41. The number of hydrogen-bond acceptors (Lipinski definition) is 2. The number of aromatic nitrogens is 1. The molecule has 1 heterocycles. The Kier molecular flexibility index (Phi) is 7.42. The topological polar surface area (TPSA) is 51.1 Å². The number of halogens is 1. The van der Waals surface area contributed by atoms with E-state index in [-0.39, 0.29) is 16.9 Å². The predicted molar refractivity (Wildman–Crippen MR) is 116 cm³/mol. The Hall–Kier alpha value is -1.88. The minimum atomic E-state index is -0.321. The average Bonchev–Trinajstić information content (AvgIpc) is 2.67. The van der Waals surface area contributed by atoms with Crippen molar-refractivity contribution in [1.29, 1.82) is 0 Å². The summed E-state index contributed by atoms with van der Waals surface area (Å²) in [6.07, 6.45) is 4.28. The minimum Gasteiger partial charge on any atom is -0.350 e. The molecule has 27 heavy (non-hydrogen) atoms. The quantitative estimate of drug-likeness (QED) is 0.655. The van der Waals surface area contributed by atoms with E-state index in [0.717, 1.165) is 53.9 Å². The van der Waals surface area contributed by atoms with Crippen molar-refractivity contribution >= 4 is 27.5 Å². The van der Waals surface area contributed by atoms with Crippen molar-refractivity contribution in [1.82, 2.24) is 4.57 Å². The van der Waals surface area contributed by atoms with Gasteiger partial charge in [-0.3, -0.25) is 9.59 Å². The molecule has 2 aromatic rings. The first-order valence-electron chi connectivity index (χ1n) is 9.67. The van der Waals surface area contributed by atoms with Crippen LogP contribution < -0.4 is 10.7 Å². The number of carbonyl (C=O) groups excluding carboxylic acids is 1. The van der Waals surface area contributed by atoms with E-state index in [1.807, 2.05) is 36.7 Å². The number of anilines is 1. The van der Waals surface area contributed by atoms with Crippen molar-refractivity contribution in [3.8, 4) is 0 Å². The highest BCUT2D eigenvalue weighted by molar-refractivity contribution is 9.10. The number of pyridine rings is 1. The Morgan fingerprint density at radius 3 is 2.26 bits per heavy atom. The van der Waals surface area contributed by atoms with Crippen LogP contribution >= 0.6 is 15.9 Å². The van der Waals surface area contributed by atoms with Gasteiger partial charge in [-0.15, -0.1) is 0 Å². The van der Waals surface area contributed by atoms with Crippen LogP contribution in [0.4, 0.5) is 5.69 Å². The Morgan fingerprint density at radius 1 is 1.15 bits per heavy atom. The first kappa shape index (κ1) is 21.4. The maximum Gasteiger partial charge on any atom is 0.261 e. The Morgan fingerprint density at radius 2 is 1.74 bits per heavy atom. The van der Waals surface area contributed by atoms with Gasteiger partial charge in [-0.05, 0) is 59.7 Å². The number of nitrogens with zero attached hydrogens (tertiary/aromatic N) is 1. The Bertz CT molecular complexity index is 878. The van der Waals surface area contributed by atoms with Crippen molar-refractivity contribution in [3.05, 3.63) is 61.0 Å². The molecule has 0 aliphatic carbocycles. The smallest absolute Gasteiger partial charge is 0.261 e. The van der Waals surface area contributed by atoms with E-state index in [4.69, 9.17) is 0 Å². The summed E-state index contributed by atoms with van der Waals surface area (Å²) in [6, 6.07) is 6.06. The molecule has 2 rings (SSSR count). The SMILES string of the molecule is CCCCc1c(C(=O)Nc2c(CC)cccc2CC)c(=O)c(Br)c(C)n1C. The zero-order valence-electron chi connectivity index (χ0n) is 16.9. The molecule has 0 atom stereocenters. The summed E-state index contributed by atoms with van der Waals surface area (Å²) in [5.74, 6) is -0.321. The van der Waals surface area contributed by atoms with Gasteiger partial charge >= 0.3 is 0 Å². The predicted octanol–water partition coefficient (Wildman–Crippen LogP) is 5.18. The molecular formula is C22H29BrN2O2. The third-order valence-electron chi connectivity index (χ3n) is 5.17. The van der Waals surface area contributed by atoms with E-state index in [1.54, 1.807) is 0 Å². The van der Waals surface area contributed by atoms with Gasteiger partial charge in [-0.25, -0.2) is 0 Å². The third kappa shape index (κ3) is 4.34. The first-order valence-corrected chi connectivity index (χ1v) is 10.5. The lowest BCUT2D eigenvalue weighted by molar-refractivity contribution is 0.102. The van der Waals surface area contributed by atoms with E-state index in [2.05, 4.69) is 42.0 Å². The van der Waals surface area contributed by atoms with Crippen molar-refractivity contribution < 1.29 is 4.79 Å². The number of benzene rings is 1. The van der Waals surface area contributed by atoms with Gasteiger partial charge in [0, 0.05) is 24.1 Å². The molecule has 0 saturated carbocycles. The largest absolute Gasteiger partial charge is 0.350 e. The van der Waals surface area contributed by atoms with Gasteiger partial charge in [-0.1, -0.05) is 45.4 Å². The summed E-state index contributed by atoms with van der Waals surface area (Å²) >= 11 is 3.38. The van der Waals surface area contributed by atoms with Gasteiger partial charge in [0.25, 0.3) is 5.91 Å². The molecule has 4 nitrogen and oxygen atoms in total. The van der Waals surface area contributed by atoms with Crippen molar-refractivity contribution in [2.75, 3.05) is 5.32 Å². The molecule has 0 saturated heterocycles. The zero-order valence-corrected chi connectivity index (χ0v) is 18.5. The highest BCUT2D eigenvalue weighted by atomic mass is 79.9. The fourth-order valence-corrected chi connectivity index (χ4v) is 3.84. The maximum atomic E-state index is 13.2. The van der Waals surface area contributed by atoms with Crippen molar-refractivity contribution in [2.45, 2.75) is 59.8 Å². The van der Waals surface area contributed by atoms with E-state index in [9.17, 15) is 9.59 Å². The van der Waals surface area contributed by atoms with Crippen LogP contribution in [0.15, 0.2) is 27.5 Å². The third-order valence-corrected chi connectivity index (χ3v) is 6.11. The minimum absolute atomic E-state index is 0.235. The van der Waals surface area contributed by atoms with Gasteiger partial charge in [0.05, 0.1) is 4.47 Å². The van der Waals surface area contributed by atoms with Gasteiger partial charge < -0.3 is 9.88 Å². The molecule has 0 unspecified atom stereocenters. The second-order valence-corrected chi connectivity index (χ2v) is 7.62. The van der Waals surface area contributed by atoms with Crippen LogP contribution in [0.1, 0.15) is 66.5 Å². The van der Waals surface area contributed by atoms with Crippen LogP contribution in [0.25, 0.3) is 0 Å². The number of nitrogens with one attached hydrogen (secondary N) is 1. The first-order chi connectivity index (χ1) is 12.9. The molecule has 146 valence electrons. The Labute approximate surface area is 170 Å². The molecule has 0 radical (unpaired) electrons. The van der Waals surface area contributed by atoms with Crippen molar-refractivity contribution in [2.24, 2.45) is 7.05 Å². The molecule has 1 aromatic carbocycles. The molecule has 1 aromatic heterocycles. The summed E-state index contributed by atoms with van der Waals surface area (Å²) in [5, 5.41) is 3.06. The highest BCUT2D eigenvalue weighted by Crippen LogP contribution is 2.24. The number of unbranched alkanes of at least 4 members (excludes halogenated alkanes) is 1. The highest BCUT2D eigenvalue weighted by Gasteiger charge is 2.23. The average molecular weight is 433 g/mol. The maximum absolute atomic E-state index is 13.2. The van der Waals surface area contributed by atoms with Crippen molar-refractivity contribution in [3.63, 3.8) is 0 Å². The Balaban J connectivity index is 2.59. The number of carbonyl (C=O) groups is 1. The van der Waals surface area contributed by atoms with Crippen LogP contribution in [0.5, 0.6) is 0 Å². The number of para-hydroxylation sites is 1. The number of rotatable bonds is 7. The van der Waals surface area contributed by atoms with E-state index in [0.29, 0.717) is 10.9 Å². The molecule has 0 aliphatic heterocycles. The second-order valence-electron chi connectivity index (χ2n) is 6.83. The lowest BCUT2D eigenvalue weighted by atomic mass is 10.0. The van der Waals surface area contributed by atoms with Gasteiger partial charge in [0.1, 0.15) is 5.56 Å². The molecule has 5 heteroatoms. The number of aryl methyl sites for hydroxylation is 2. The molecule has 1 N–H and O–H groups in total. The van der Waals surface area contributed by atoms with Crippen LogP contribution in [0.2, 0.25) is 0 Å². The van der Waals surface area contributed by atoms with Crippen LogP contribution in [0, 0.1) is 6.92 Å².